The zero-order valence-electron chi connectivity index (χ0n) is 13.2. The van der Waals surface area contributed by atoms with E-state index in [-0.39, 0.29) is 0 Å². The summed E-state index contributed by atoms with van der Waals surface area (Å²) in [6, 6.07) is 9.04. The molecule has 20 heavy (non-hydrogen) atoms. The van der Waals surface area contributed by atoms with Gasteiger partial charge in [-0.25, -0.2) is 0 Å². The highest BCUT2D eigenvalue weighted by molar-refractivity contribution is 5.32. The Hall–Kier alpha value is -0.820. The van der Waals surface area contributed by atoms with E-state index in [0.29, 0.717) is 0 Å². The monoisotopic (exact) mass is 273 g/mol. The fourth-order valence-corrected chi connectivity index (χ4v) is 3.37. The first-order valence-electron chi connectivity index (χ1n) is 8.70. The molecule has 0 saturated carbocycles. The Balaban J connectivity index is 1.61. The number of nitrogens with one attached hydrogen (secondary N) is 1. The Labute approximate surface area is 125 Å². The maximum absolute atomic E-state index is 3.69. The molecule has 0 heterocycles. The number of aryl methyl sites for hydroxylation is 1. The number of benzene rings is 1. The largest absolute Gasteiger partial charge is 0.316 e. The highest BCUT2D eigenvalue weighted by atomic mass is 14.9. The SMILES string of the molecule is CCCCCCCCNCC1CCCc2ccccc21. The van der Waals surface area contributed by atoms with E-state index in [1.54, 1.807) is 11.1 Å². The molecule has 1 N–H and O–H groups in total. The first-order chi connectivity index (χ1) is 9.92. The Kier molecular flexibility index (Phi) is 7.14. The van der Waals surface area contributed by atoms with Gasteiger partial charge in [-0.1, -0.05) is 63.3 Å². The summed E-state index contributed by atoms with van der Waals surface area (Å²) in [6.45, 7) is 4.65. The molecule has 1 nitrogen and oxygen atoms in total. The summed E-state index contributed by atoms with van der Waals surface area (Å²) in [5.74, 6) is 0.750. The van der Waals surface area contributed by atoms with Crippen LogP contribution in [-0.2, 0) is 6.42 Å². The molecule has 1 aromatic rings. The van der Waals surface area contributed by atoms with E-state index in [4.69, 9.17) is 0 Å². The quantitative estimate of drug-likeness (QED) is 0.620. The van der Waals surface area contributed by atoms with Crippen molar-refractivity contribution in [2.75, 3.05) is 13.1 Å². The van der Waals surface area contributed by atoms with E-state index >= 15 is 0 Å². The van der Waals surface area contributed by atoms with Crippen LogP contribution in [0, 0.1) is 0 Å². The van der Waals surface area contributed by atoms with Crippen LogP contribution >= 0.6 is 0 Å². The van der Waals surface area contributed by atoms with Crippen LogP contribution in [0.25, 0.3) is 0 Å². The van der Waals surface area contributed by atoms with Crippen molar-refractivity contribution in [1.29, 1.82) is 0 Å². The summed E-state index contributed by atoms with van der Waals surface area (Å²) in [6.07, 6.45) is 12.3. The van der Waals surface area contributed by atoms with Crippen LogP contribution in [-0.4, -0.2) is 13.1 Å². The van der Waals surface area contributed by atoms with Gasteiger partial charge in [0.05, 0.1) is 0 Å². The fraction of sp³-hybridized carbons (Fsp3) is 0.684. The van der Waals surface area contributed by atoms with Crippen molar-refractivity contribution in [2.24, 2.45) is 0 Å². The maximum Gasteiger partial charge on any atom is 0.00202 e. The van der Waals surface area contributed by atoms with Crippen LogP contribution in [0.3, 0.4) is 0 Å². The summed E-state index contributed by atoms with van der Waals surface area (Å²) in [5, 5.41) is 3.69. The summed E-state index contributed by atoms with van der Waals surface area (Å²) in [4.78, 5) is 0. The van der Waals surface area contributed by atoms with Gasteiger partial charge in [-0.05, 0) is 49.3 Å². The molecule has 0 aliphatic heterocycles. The van der Waals surface area contributed by atoms with E-state index in [1.165, 1.54) is 70.9 Å². The fourth-order valence-electron chi connectivity index (χ4n) is 3.37. The molecule has 0 aromatic heterocycles. The van der Waals surface area contributed by atoms with E-state index in [9.17, 15) is 0 Å². The van der Waals surface area contributed by atoms with Crippen molar-refractivity contribution in [3.63, 3.8) is 0 Å². The molecule has 1 aliphatic rings. The van der Waals surface area contributed by atoms with Gasteiger partial charge in [-0.2, -0.15) is 0 Å². The van der Waals surface area contributed by atoms with Gasteiger partial charge in [0.15, 0.2) is 0 Å². The number of hydrogen-bond donors (Lipinski definition) is 1. The molecule has 0 spiro atoms. The minimum atomic E-state index is 0.750. The van der Waals surface area contributed by atoms with Crippen molar-refractivity contribution in [3.05, 3.63) is 35.4 Å². The minimum absolute atomic E-state index is 0.750. The van der Waals surface area contributed by atoms with Crippen molar-refractivity contribution in [3.8, 4) is 0 Å². The van der Waals surface area contributed by atoms with Crippen LogP contribution < -0.4 is 5.32 Å². The highest BCUT2D eigenvalue weighted by Crippen LogP contribution is 2.30. The van der Waals surface area contributed by atoms with E-state index < -0.39 is 0 Å². The Morgan fingerprint density at radius 3 is 2.75 bits per heavy atom. The molecule has 2 rings (SSSR count). The van der Waals surface area contributed by atoms with Gasteiger partial charge in [0.1, 0.15) is 0 Å². The third kappa shape index (κ3) is 4.94. The Morgan fingerprint density at radius 2 is 1.85 bits per heavy atom. The normalized spacial score (nSPS) is 17.9. The van der Waals surface area contributed by atoms with E-state index in [1.807, 2.05) is 0 Å². The lowest BCUT2D eigenvalue weighted by molar-refractivity contribution is 0.494. The van der Waals surface area contributed by atoms with Gasteiger partial charge < -0.3 is 5.32 Å². The molecular weight excluding hydrogens is 242 g/mol. The number of hydrogen-bond acceptors (Lipinski definition) is 1. The van der Waals surface area contributed by atoms with Crippen LogP contribution in [0.15, 0.2) is 24.3 Å². The smallest absolute Gasteiger partial charge is 0.00202 e. The lowest BCUT2D eigenvalue weighted by Crippen LogP contribution is -2.25. The van der Waals surface area contributed by atoms with Crippen molar-refractivity contribution in [2.45, 2.75) is 70.6 Å². The van der Waals surface area contributed by atoms with Gasteiger partial charge in [-0.15, -0.1) is 0 Å². The molecule has 1 atom stereocenters. The van der Waals surface area contributed by atoms with Gasteiger partial charge in [0, 0.05) is 6.54 Å². The third-order valence-electron chi connectivity index (χ3n) is 4.59. The zero-order valence-corrected chi connectivity index (χ0v) is 13.2. The predicted molar refractivity (Wildman–Crippen MR) is 88.4 cm³/mol. The Morgan fingerprint density at radius 1 is 1.05 bits per heavy atom. The van der Waals surface area contributed by atoms with Gasteiger partial charge in [-0.3, -0.25) is 0 Å². The molecule has 0 bridgehead atoms. The molecule has 1 heteroatoms. The lowest BCUT2D eigenvalue weighted by atomic mass is 9.83. The van der Waals surface area contributed by atoms with Crippen molar-refractivity contribution in [1.82, 2.24) is 5.32 Å². The zero-order chi connectivity index (χ0) is 14.0. The third-order valence-corrected chi connectivity index (χ3v) is 4.59. The molecule has 1 aromatic carbocycles. The van der Waals surface area contributed by atoms with Crippen LogP contribution in [0.1, 0.15) is 75.3 Å². The minimum Gasteiger partial charge on any atom is -0.316 e. The maximum atomic E-state index is 3.69. The van der Waals surface area contributed by atoms with Crippen LogP contribution in [0.4, 0.5) is 0 Å². The second-order valence-electron chi connectivity index (χ2n) is 6.26. The lowest BCUT2D eigenvalue weighted by Gasteiger charge is -2.25. The van der Waals surface area contributed by atoms with E-state index in [0.717, 1.165) is 5.92 Å². The average molecular weight is 273 g/mol. The molecular formula is C19H31N. The molecule has 112 valence electrons. The van der Waals surface area contributed by atoms with Gasteiger partial charge in [0.25, 0.3) is 0 Å². The first kappa shape index (κ1) is 15.6. The number of rotatable bonds is 9. The number of fused-ring (bicyclic) bond motifs is 1. The van der Waals surface area contributed by atoms with Crippen molar-refractivity contribution < 1.29 is 0 Å². The van der Waals surface area contributed by atoms with Gasteiger partial charge in [0.2, 0.25) is 0 Å². The Bertz CT molecular complexity index is 372. The van der Waals surface area contributed by atoms with Crippen LogP contribution in [0.5, 0.6) is 0 Å². The summed E-state index contributed by atoms with van der Waals surface area (Å²) in [5.41, 5.74) is 3.19. The number of unbranched alkanes of at least 4 members (excludes halogenated alkanes) is 5. The standard InChI is InChI=1S/C19H31N/c1-2-3-4-5-6-9-15-20-16-18-13-10-12-17-11-7-8-14-19(17)18/h7-8,11,14,18,20H,2-6,9-10,12-13,15-16H2,1H3. The van der Waals surface area contributed by atoms with E-state index in [2.05, 4.69) is 36.5 Å². The molecule has 1 unspecified atom stereocenters. The average Bonchev–Trinajstić information content (AvgIpc) is 2.50. The first-order valence-corrected chi connectivity index (χ1v) is 8.70. The molecule has 1 aliphatic carbocycles. The summed E-state index contributed by atoms with van der Waals surface area (Å²) >= 11 is 0. The highest BCUT2D eigenvalue weighted by Gasteiger charge is 2.18. The van der Waals surface area contributed by atoms with Gasteiger partial charge >= 0.3 is 0 Å². The second-order valence-corrected chi connectivity index (χ2v) is 6.26. The second kappa shape index (κ2) is 9.18. The summed E-state index contributed by atoms with van der Waals surface area (Å²) in [7, 11) is 0. The molecule has 0 saturated heterocycles. The molecule has 0 amide bonds. The molecule has 0 radical (unpaired) electrons. The summed E-state index contributed by atoms with van der Waals surface area (Å²) < 4.78 is 0. The topological polar surface area (TPSA) is 12.0 Å². The predicted octanol–water partition coefficient (Wildman–Crippen LogP) is 5.06. The van der Waals surface area contributed by atoms with Crippen molar-refractivity contribution >= 4 is 0 Å². The van der Waals surface area contributed by atoms with Crippen LogP contribution in [0.2, 0.25) is 0 Å². The molecule has 0 fully saturated rings.